The molecule has 1 N–H and O–H groups in total. The number of nitriles is 1. The summed E-state index contributed by atoms with van der Waals surface area (Å²) in [5.74, 6) is 0.988. The molecule has 3 nitrogen and oxygen atoms in total. The van der Waals surface area contributed by atoms with Gasteiger partial charge < -0.3 is 10.2 Å². The van der Waals surface area contributed by atoms with Gasteiger partial charge in [-0.15, -0.1) is 0 Å². The van der Waals surface area contributed by atoms with Crippen molar-refractivity contribution in [3.8, 4) is 6.07 Å². The van der Waals surface area contributed by atoms with Gasteiger partial charge in [-0.2, -0.15) is 5.26 Å². The molecule has 0 saturated heterocycles. The molecular weight excluding hydrogens is 234 g/mol. The number of nitrogens with one attached hydrogen (secondary N) is 1. The smallest absolute Gasteiger partial charge is 0.106 e. The predicted octanol–water partition coefficient (Wildman–Crippen LogP) is 2.92. The molecule has 0 heterocycles. The zero-order chi connectivity index (χ0) is 13.7. The summed E-state index contributed by atoms with van der Waals surface area (Å²) >= 11 is 0. The van der Waals surface area contributed by atoms with E-state index in [0.717, 1.165) is 31.6 Å². The van der Waals surface area contributed by atoms with Crippen LogP contribution in [-0.4, -0.2) is 37.1 Å². The van der Waals surface area contributed by atoms with Gasteiger partial charge >= 0.3 is 0 Å². The van der Waals surface area contributed by atoms with Gasteiger partial charge in [0.05, 0.1) is 6.07 Å². The Morgan fingerprint density at radius 2 is 1.84 bits per heavy atom. The maximum atomic E-state index is 9.29. The average Bonchev–Trinajstić information content (AvgIpc) is 2.98. The summed E-state index contributed by atoms with van der Waals surface area (Å²) in [5, 5.41) is 12.5. The van der Waals surface area contributed by atoms with Crippen molar-refractivity contribution in [1.29, 1.82) is 5.26 Å². The predicted molar refractivity (Wildman–Crippen MR) is 78.9 cm³/mol. The van der Waals surface area contributed by atoms with Gasteiger partial charge in [-0.1, -0.05) is 25.7 Å². The van der Waals surface area contributed by atoms with Crippen molar-refractivity contribution >= 4 is 0 Å². The van der Waals surface area contributed by atoms with E-state index in [9.17, 15) is 5.26 Å². The van der Waals surface area contributed by atoms with Crippen LogP contribution in [0.15, 0.2) is 0 Å². The lowest BCUT2D eigenvalue weighted by Gasteiger charge is -2.39. The largest absolute Gasteiger partial charge is 0.303 e. The van der Waals surface area contributed by atoms with E-state index in [2.05, 4.69) is 23.3 Å². The first-order valence-corrected chi connectivity index (χ1v) is 7.99. The van der Waals surface area contributed by atoms with Crippen LogP contribution in [-0.2, 0) is 0 Å². The van der Waals surface area contributed by atoms with Crippen molar-refractivity contribution in [3.63, 3.8) is 0 Å². The van der Waals surface area contributed by atoms with Gasteiger partial charge in [0, 0.05) is 6.04 Å². The molecule has 0 radical (unpaired) electrons. The zero-order valence-electron chi connectivity index (χ0n) is 12.6. The summed E-state index contributed by atoms with van der Waals surface area (Å²) in [6.45, 7) is 1.24. The van der Waals surface area contributed by atoms with Crippen LogP contribution in [0.25, 0.3) is 0 Å². The van der Waals surface area contributed by atoms with E-state index in [0.29, 0.717) is 6.04 Å². The normalized spacial score (nSPS) is 32.6. The van der Waals surface area contributed by atoms with Gasteiger partial charge in [-0.25, -0.2) is 0 Å². The first-order valence-electron chi connectivity index (χ1n) is 7.99. The number of hydrogen-bond acceptors (Lipinski definition) is 3. The quantitative estimate of drug-likeness (QED) is 0.829. The van der Waals surface area contributed by atoms with Crippen molar-refractivity contribution in [2.75, 3.05) is 20.6 Å². The maximum Gasteiger partial charge on any atom is 0.106 e. The SMILES string of the molecule is CNC1(C#N)CCC(N(C)CCC2CCCC2)CC1. The van der Waals surface area contributed by atoms with Crippen molar-refractivity contribution in [3.05, 3.63) is 0 Å². The summed E-state index contributed by atoms with van der Waals surface area (Å²) in [6.07, 6.45) is 11.5. The highest BCUT2D eigenvalue weighted by Gasteiger charge is 2.35. The highest BCUT2D eigenvalue weighted by molar-refractivity contribution is 5.09. The van der Waals surface area contributed by atoms with Crippen molar-refractivity contribution in [1.82, 2.24) is 10.2 Å². The van der Waals surface area contributed by atoms with E-state index in [1.54, 1.807) is 0 Å². The molecule has 0 aromatic rings. The van der Waals surface area contributed by atoms with Crippen molar-refractivity contribution in [2.45, 2.75) is 69.4 Å². The topological polar surface area (TPSA) is 39.1 Å². The van der Waals surface area contributed by atoms with Gasteiger partial charge in [0.15, 0.2) is 0 Å². The molecule has 0 atom stereocenters. The van der Waals surface area contributed by atoms with Crippen LogP contribution in [0.2, 0.25) is 0 Å². The third-order valence-corrected chi connectivity index (χ3v) is 5.49. The lowest BCUT2D eigenvalue weighted by molar-refractivity contribution is 0.150. The fourth-order valence-electron chi connectivity index (χ4n) is 3.82. The van der Waals surface area contributed by atoms with Gasteiger partial charge in [0.1, 0.15) is 5.54 Å². The summed E-state index contributed by atoms with van der Waals surface area (Å²) in [6, 6.07) is 3.16. The van der Waals surface area contributed by atoms with Crippen LogP contribution in [0.1, 0.15) is 57.8 Å². The highest BCUT2D eigenvalue weighted by Crippen LogP contribution is 2.31. The van der Waals surface area contributed by atoms with Crippen LogP contribution in [0.5, 0.6) is 0 Å². The second-order valence-electron chi connectivity index (χ2n) is 6.59. The molecule has 19 heavy (non-hydrogen) atoms. The Labute approximate surface area is 118 Å². The Hall–Kier alpha value is -0.590. The summed E-state index contributed by atoms with van der Waals surface area (Å²) in [4.78, 5) is 2.55. The third kappa shape index (κ3) is 3.70. The summed E-state index contributed by atoms with van der Waals surface area (Å²) in [7, 11) is 4.20. The second-order valence-corrected chi connectivity index (χ2v) is 6.59. The molecule has 108 valence electrons. The Balaban J connectivity index is 1.72. The fourth-order valence-corrected chi connectivity index (χ4v) is 3.82. The maximum absolute atomic E-state index is 9.29. The van der Waals surface area contributed by atoms with E-state index >= 15 is 0 Å². The Bertz CT molecular complexity index is 306. The molecule has 2 rings (SSSR count). The van der Waals surface area contributed by atoms with Gasteiger partial charge in [0.25, 0.3) is 0 Å². The van der Waals surface area contributed by atoms with E-state index < -0.39 is 0 Å². The number of nitrogens with zero attached hydrogens (tertiary/aromatic N) is 2. The van der Waals surface area contributed by atoms with Crippen LogP contribution in [0.4, 0.5) is 0 Å². The first kappa shape index (κ1) is 14.8. The molecule has 0 bridgehead atoms. The van der Waals surface area contributed by atoms with Crippen LogP contribution in [0.3, 0.4) is 0 Å². The molecule has 0 aromatic heterocycles. The lowest BCUT2D eigenvalue weighted by atomic mass is 9.80. The molecule has 0 spiro atoms. The summed E-state index contributed by atoms with van der Waals surface area (Å²) < 4.78 is 0. The molecule has 0 aliphatic heterocycles. The second kappa shape index (κ2) is 6.72. The van der Waals surface area contributed by atoms with Crippen LogP contribution in [0, 0.1) is 17.2 Å². The number of hydrogen-bond donors (Lipinski definition) is 1. The minimum Gasteiger partial charge on any atom is -0.303 e. The minimum absolute atomic E-state index is 0.247. The molecule has 0 aromatic carbocycles. The van der Waals surface area contributed by atoms with Crippen LogP contribution < -0.4 is 5.32 Å². The minimum atomic E-state index is -0.247. The zero-order valence-corrected chi connectivity index (χ0v) is 12.6. The molecule has 2 aliphatic rings. The van der Waals surface area contributed by atoms with Gasteiger partial charge in [0.2, 0.25) is 0 Å². The summed E-state index contributed by atoms with van der Waals surface area (Å²) in [5.41, 5.74) is -0.247. The van der Waals surface area contributed by atoms with Crippen molar-refractivity contribution in [2.24, 2.45) is 5.92 Å². The van der Waals surface area contributed by atoms with E-state index in [-0.39, 0.29) is 5.54 Å². The highest BCUT2D eigenvalue weighted by atomic mass is 15.1. The molecule has 0 amide bonds. The van der Waals surface area contributed by atoms with Crippen molar-refractivity contribution < 1.29 is 0 Å². The molecular formula is C16H29N3. The van der Waals surface area contributed by atoms with Gasteiger partial charge in [-0.05, 0) is 58.7 Å². The monoisotopic (exact) mass is 263 g/mol. The van der Waals surface area contributed by atoms with Gasteiger partial charge in [-0.3, -0.25) is 0 Å². The Morgan fingerprint density at radius 3 is 2.37 bits per heavy atom. The van der Waals surface area contributed by atoms with E-state index in [4.69, 9.17) is 0 Å². The molecule has 0 unspecified atom stereocenters. The molecule has 2 fully saturated rings. The fraction of sp³-hybridized carbons (Fsp3) is 0.938. The van der Waals surface area contributed by atoms with E-state index in [1.807, 2.05) is 7.05 Å². The molecule has 3 heteroatoms. The number of rotatable bonds is 5. The Morgan fingerprint density at radius 1 is 1.21 bits per heavy atom. The third-order valence-electron chi connectivity index (χ3n) is 5.49. The molecule has 2 aliphatic carbocycles. The first-order chi connectivity index (χ1) is 9.19. The standard InChI is InChI=1S/C16H29N3/c1-18-16(13-17)10-7-15(8-11-16)19(2)12-9-14-5-3-4-6-14/h14-15,18H,3-12H2,1-2H3. The van der Waals surface area contributed by atoms with E-state index in [1.165, 1.54) is 38.6 Å². The lowest BCUT2D eigenvalue weighted by Crippen LogP contribution is -2.48. The molecule has 2 saturated carbocycles. The Kier molecular flexibility index (Phi) is 5.24. The van der Waals surface area contributed by atoms with Crippen LogP contribution >= 0.6 is 0 Å². The average molecular weight is 263 g/mol.